The molecule has 0 saturated heterocycles. The Morgan fingerprint density at radius 3 is 2.69 bits per heavy atom. The van der Waals surface area contributed by atoms with Gasteiger partial charge in [-0.05, 0) is 43.1 Å². The van der Waals surface area contributed by atoms with Crippen LogP contribution in [0.25, 0.3) is 0 Å². The Morgan fingerprint density at radius 2 is 2.12 bits per heavy atom. The lowest BCUT2D eigenvalue weighted by Gasteiger charge is -2.23. The molecular formula is C18H23ClN2O5. The summed E-state index contributed by atoms with van der Waals surface area (Å²) in [5.74, 6) is 1.21. The standard InChI is InChI=1S/C18H23ClN2O5/c1-12-15(18(19)26-20-12)5-7-17(23)21(8-9-22)11-13-10-14(24-2)4-6-16(13)25-3/h4,6,10,22H,5,7-9,11H2,1-3H3. The largest absolute Gasteiger partial charge is 0.497 e. The molecule has 1 heterocycles. The molecule has 2 aromatic rings. The van der Waals surface area contributed by atoms with Gasteiger partial charge in [0.05, 0.1) is 26.5 Å². The van der Waals surface area contributed by atoms with Crippen LogP contribution in [0.3, 0.4) is 0 Å². The van der Waals surface area contributed by atoms with Crippen LogP contribution in [-0.2, 0) is 17.8 Å². The quantitative estimate of drug-likeness (QED) is 0.717. The van der Waals surface area contributed by atoms with Crippen molar-refractivity contribution in [1.82, 2.24) is 10.1 Å². The lowest BCUT2D eigenvalue weighted by Crippen LogP contribution is -2.33. The molecule has 0 bridgehead atoms. The van der Waals surface area contributed by atoms with E-state index in [-0.39, 0.29) is 30.7 Å². The van der Waals surface area contributed by atoms with Crippen LogP contribution in [0.1, 0.15) is 23.2 Å². The predicted octanol–water partition coefficient (Wildman–Crippen LogP) is 2.61. The van der Waals surface area contributed by atoms with Gasteiger partial charge < -0.3 is 24.0 Å². The van der Waals surface area contributed by atoms with Gasteiger partial charge in [-0.2, -0.15) is 0 Å². The summed E-state index contributed by atoms with van der Waals surface area (Å²) in [6.07, 6.45) is 0.651. The minimum absolute atomic E-state index is 0.111. The van der Waals surface area contributed by atoms with Gasteiger partial charge in [-0.15, -0.1) is 0 Å². The number of aryl methyl sites for hydroxylation is 1. The Morgan fingerprint density at radius 1 is 1.35 bits per heavy atom. The van der Waals surface area contributed by atoms with Crippen molar-refractivity contribution < 1.29 is 23.9 Å². The summed E-state index contributed by atoms with van der Waals surface area (Å²) in [5.41, 5.74) is 2.20. The van der Waals surface area contributed by atoms with E-state index in [1.54, 1.807) is 38.2 Å². The molecule has 0 aliphatic rings. The summed E-state index contributed by atoms with van der Waals surface area (Å²) in [7, 11) is 3.15. The first-order valence-corrected chi connectivity index (χ1v) is 8.58. The van der Waals surface area contributed by atoms with Crippen molar-refractivity contribution in [3.05, 3.63) is 40.2 Å². The first-order valence-electron chi connectivity index (χ1n) is 8.20. The highest BCUT2D eigenvalue weighted by molar-refractivity contribution is 6.29. The molecule has 1 N–H and O–H groups in total. The summed E-state index contributed by atoms with van der Waals surface area (Å²) in [5, 5.41) is 13.3. The van der Waals surface area contributed by atoms with E-state index in [0.717, 1.165) is 11.1 Å². The van der Waals surface area contributed by atoms with Crippen LogP contribution >= 0.6 is 11.6 Å². The number of nitrogens with zero attached hydrogens (tertiary/aromatic N) is 2. The average Bonchev–Trinajstić information content (AvgIpc) is 2.97. The SMILES string of the molecule is COc1ccc(OC)c(CN(CCO)C(=O)CCc2c(C)noc2Cl)c1. The van der Waals surface area contributed by atoms with Gasteiger partial charge >= 0.3 is 0 Å². The monoisotopic (exact) mass is 382 g/mol. The number of carbonyl (C=O) groups is 1. The summed E-state index contributed by atoms with van der Waals surface area (Å²) in [6.45, 7) is 2.17. The smallest absolute Gasteiger partial charge is 0.229 e. The van der Waals surface area contributed by atoms with Crippen molar-refractivity contribution in [1.29, 1.82) is 0 Å². The Balaban J connectivity index is 2.11. The molecule has 0 radical (unpaired) electrons. The number of hydrogen-bond donors (Lipinski definition) is 1. The van der Waals surface area contributed by atoms with Gasteiger partial charge in [0.15, 0.2) is 0 Å². The summed E-state index contributed by atoms with van der Waals surface area (Å²) in [6, 6.07) is 5.39. The third kappa shape index (κ3) is 4.89. The highest BCUT2D eigenvalue weighted by Crippen LogP contribution is 2.26. The van der Waals surface area contributed by atoms with Crippen LogP contribution in [0.5, 0.6) is 11.5 Å². The fraction of sp³-hybridized carbons (Fsp3) is 0.444. The highest BCUT2D eigenvalue weighted by atomic mass is 35.5. The lowest BCUT2D eigenvalue weighted by atomic mass is 10.1. The van der Waals surface area contributed by atoms with E-state index in [1.165, 1.54) is 0 Å². The van der Waals surface area contributed by atoms with Crippen LogP contribution < -0.4 is 9.47 Å². The third-order valence-corrected chi connectivity index (χ3v) is 4.39. The number of carbonyl (C=O) groups excluding carboxylic acids is 1. The second-order valence-corrected chi connectivity index (χ2v) is 6.08. The van der Waals surface area contributed by atoms with Gasteiger partial charge in [-0.3, -0.25) is 4.79 Å². The molecule has 7 nitrogen and oxygen atoms in total. The minimum Gasteiger partial charge on any atom is -0.497 e. The first-order chi connectivity index (χ1) is 12.5. The zero-order valence-corrected chi connectivity index (χ0v) is 15.9. The number of benzene rings is 1. The maximum Gasteiger partial charge on any atom is 0.229 e. The predicted molar refractivity (Wildman–Crippen MR) is 96.6 cm³/mol. The number of methoxy groups -OCH3 is 2. The molecule has 0 spiro atoms. The van der Waals surface area contributed by atoms with E-state index >= 15 is 0 Å². The lowest BCUT2D eigenvalue weighted by molar-refractivity contribution is -0.132. The molecule has 26 heavy (non-hydrogen) atoms. The zero-order chi connectivity index (χ0) is 19.1. The number of aromatic nitrogens is 1. The maximum absolute atomic E-state index is 12.7. The number of rotatable bonds is 9. The molecule has 8 heteroatoms. The molecule has 0 aliphatic carbocycles. The average molecular weight is 383 g/mol. The second-order valence-electron chi connectivity index (χ2n) is 5.74. The van der Waals surface area contributed by atoms with Gasteiger partial charge in [0, 0.05) is 30.6 Å². The number of hydrogen-bond acceptors (Lipinski definition) is 6. The van der Waals surface area contributed by atoms with Crippen molar-refractivity contribution in [2.24, 2.45) is 0 Å². The number of amides is 1. The van der Waals surface area contributed by atoms with E-state index in [0.29, 0.717) is 30.2 Å². The van der Waals surface area contributed by atoms with Gasteiger partial charge in [-0.25, -0.2) is 0 Å². The normalized spacial score (nSPS) is 10.7. The van der Waals surface area contributed by atoms with E-state index in [2.05, 4.69) is 5.16 Å². The fourth-order valence-electron chi connectivity index (χ4n) is 2.65. The molecule has 0 fully saturated rings. The fourth-order valence-corrected chi connectivity index (χ4v) is 2.92. The molecule has 0 unspecified atom stereocenters. The summed E-state index contributed by atoms with van der Waals surface area (Å²) < 4.78 is 15.5. The highest BCUT2D eigenvalue weighted by Gasteiger charge is 2.19. The first kappa shape index (κ1) is 20.1. The molecule has 1 amide bonds. The number of ether oxygens (including phenoxy) is 2. The number of aliphatic hydroxyl groups is 1. The second kappa shape index (κ2) is 9.45. The topological polar surface area (TPSA) is 85.0 Å². The van der Waals surface area contributed by atoms with Crippen molar-refractivity contribution in [2.75, 3.05) is 27.4 Å². The molecule has 1 aromatic carbocycles. The van der Waals surface area contributed by atoms with Gasteiger partial charge in [0.1, 0.15) is 11.5 Å². The van der Waals surface area contributed by atoms with E-state index in [1.807, 2.05) is 6.07 Å². The molecular weight excluding hydrogens is 360 g/mol. The number of aliphatic hydroxyl groups excluding tert-OH is 1. The van der Waals surface area contributed by atoms with E-state index in [9.17, 15) is 9.90 Å². The van der Waals surface area contributed by atoms with Crippen LogP contribution in [0, 0.1) is 6.92 Å². The van der Waals surface area contributed by atoms with Gasteiger partial charge in [0.25, 0.3) is 0 Å². The third-order valence-electron chi connectivity index (χ3n) is 4.10. The van der Waals surface area contributed by atoms with Gasteiger partial charge in [0.2, 0.25) is 11.1 Å². The van der Waals surface area contributed by atoms with Crippen molar-refractivity contribution in [2.45, 2.75) is 26.3 Å². The molecule has 142 valence electrons. The zero-order valence-electron chi connectivity index (χ0n) is 15.1. The Kier molecular flexibility index (Phi) is 7.29. The molecule has 1 aromatic heterocycles. The molecule has 0 atom stereocenters. The van der Waals surface area contributed by atoms with E-state index < -0.39 is 0 Å². The molecule has 0 aliphatic heterocycles. The van der Waals surface area contributed by atoms with Crippen LogP contribution in [0.2, 0.25) is 5.22 Å². The van der Waals surface area contributed by atoms with Crippen LogP contribution in [0.4, 0.5) is 0 Å². The van der Waals surface area contributed by atoms with Crippen LogP contribution in [-0.4, -0.2) is 48.4 Å². The molecule has 0 saturated carbocycles. The summed E-state index contributed by atoms with van der Waals surface area (Å²) in [4.78, 5) is 14.2. The van der Waals surface area contributed by atoms with E-state index in [4.69, 9.17) is 25.6 Å². The number of halogens is 1. The van der Waals surface area contributed by atoms with Gasteiger partial charge in [-0.1, -0.05) is 5.16 Å². The summed E-state index contributed by atoms with van der Waals surface area (Å²) >= 11 is 5.95. The van der Waals surface area contributed by atoms with Crippen molar-refractivity contribution in [3.8, 4) is 11.5 Å². The molecule has 2 rings (SSSR count). The van der Waals surface area contributed by atoms with Crippen molar-refractivity contribution in [3.63, 3.8) is 0 Å². The Bertz CT molecular complexity index is 728. The Labute approximate surface area is 157 Å². The Hall–Kier alpha value is -2.25. The minimum atomic E-state index is -0.134. The van der Waals surface area contributed by atoms with Crippen LogP contribution in [0.15, 0.2) is 22.7 Å². The van der Waals surface area contributed by atoms with Crippen molar-refractivity contribution >= 4 is 17.5 Å². The maximum atomic E-state index is 12.7.